The second kappa shape index (κ2) is 9.21. The number of fused-ring (bicyclic) bond motifs is 6. The van der Waals surface area contributed by atoms with Crippen LogP contribution < -0.4 is 10.2 Å². The number of likely N-dealkylation sites (tertiary alicyclic amines) is 1. The third-order valence-corrected chi connectivity index (χ3v) is 9.46. The van der Waals surface area contributed by atoms with Gasteiger partial charge in [-0.05, 0) is 60.6 Å². The Kier molecular flexibility index (Phi) is 6.49. The number of nitrogens with zero attached hydrogens (tertiary/aromatic N) is 2. The third kappa shape index (κ3) is 4.16. The average Bonchev–Trinajstić information content (AvgIpc) is 3.13. The summed E-state index contributed by atoms with van der Waals surface area (Å²) >= 11 is 6.69. The SMILES string of the molecule is CCC1(CC)CN(CCCOc2cc3c(cc2Cl)-c2cc(=O)c(C(=O)O)cn2[C@H]2[C@@H]3CCC2(C)C)C1. The van der Waals surface area contributed by atoms with Crippen LogP contribution in [0.2, 0.25) is 5.02 Å². The number of carbonyl (C=O) groups is 1. The van der Waals surface area contributed by atoms with E-state index >= 15 is 0 Å². The summed E-state index contributed by atoms with van der Waals surface area (Å²) in [4.78, 5) is 26.8. The number of pyridine rings is 1. The van der Waals surface area contributed by atoms with Crippen LogP contribution in [0.25, 0.3) is 11.3 Å². The number of carboxylic acid groups (broad SMARTS) is 1. The van der Waals surface area contributed by atoms with Gasteiger partial charge in [-0.2, -0.15) is 0 Å². The molecule has 0 radical (unpaired) electrons. The number of rotatable bonds is 8. The van der Waals surface area contributed by atoms with Crippen LogP contribution in [0.1, 0.15) is 87.7 Å². The summed E-state index contributed by atoms with van der Waals surface area (Å²) in [6.45, 7) is 13.0. The number of aromatic nitrogens is 1. The molecule has 2 fully saturated rings. The van der Waals surface area contributed by atoms with E-state index in [1.807, 2.05) is 10.6 Å². The highest BCUT2D eigenvalue weighted by Crippen LogP contribution is 2.59. The lowest BCUT2D eigenvalue weighted by atomic mass is 9.75. The maximum Gasteiger partial charge on any atom is 0.341 e. The van der Waals surface area contributed by atoms with Gasteiger partial charge in [0, 0.05) is 49.4 Å². The zero-order valence-corrected chi connectivity index (χ0v) is 22.5. The molecule has 1 saturated carbocycles. The van der Waals surface area contributed by atoms with Crippen molar-refractivity contribution in [2.45, 2.75) is 71.8 Å². The molecule has 0 amide bonds. The first-order valence-electron chi connectivity index (χ1n) is 13.3. The minimum absolute atomic E-state index is 0.0357. The first kappa shape index (κ1) is 25.3. The van der Waals surface area contributed by atoms with E-state index in [1.54, 1.807) is 0 Å². The van der Waals surface area contributed by atoms with Crippen LogP contribution >= 0.6 is 11.6 Å². The fraction of sp³-hybridized carbons (Fsp3) is 0.586. The van der Waals surface area contributed by atoms with Crippen molar-refractivity contribution in [1.29, 1.82) is 0 Å². The summed E-state index contributed by atoms with van der Waals surface area (Å²) in [6.07, 6.45) is 6.98. The van der Waals surface area contributed by atoms with Gasteiger partial charge in [0.25, 0.3) is 0 Å². The van der Waals surface area contributed by atoms with Crippen LogP contribution in [0.5, 0.6) is 5.75 Å². The number of hydrogen-bond acceptors (Lipinski definition) is 4. The highest BCUT2D eigenvalue weighted by atomic mass is 35.5. The molecule has 7 heteroatoms. The highest BCUT2D eigenvalue weighted by molar-refractivity contribution is 6.32. The molecule has 3 heterocycles. The standard InChI is InChI=1S/C29H37ClN2O4/c1-5-29(6-2)16-31(17-29)10-7-11-36-25-13-19-18-8-9-28(3,4)26(18)32-15-21(27(34)35)24(33)14-23(32)20(19)12-22(25)30/h12-15,18,26H,5-11,16-17H2,1-4H3,(H,34,35)/t18-,26+/m1/s1. The molecule has 5 rings (SSSR count). The maximum absolute atomic E-state index is 12.6. The molecule has 0 bridgehead atoms. The number of carboxylic acids is 1. The van der Waals surface area contributed by atoms with Crippen molar-refractivity contribution in [3.8, 4) is 17.0 Å². The zero-order valence-electron chi connectivity index (χ0n) is 21.8. The molecule has 1 aromatic heterocycles. The maximum atomic E-state index is 12.6. The molecular formula is C29H37ClN2O4. The molecule has 36 heavy (non-hydrogen) atoms. The summed E-state index contributed by atoms with van der Waals surface area (Å²) in [6, 6.07) is 5.49. The summed E-state index contributed by atoms with van der Waals surface area (Å²) in [5, 5.41) is 10.1. The molecule has 0 unspecified atom stereocenters. The van der Waals surface area contributed by atoms with Crippen LogP contribution in [0.3, 0.4) is 0 Å². The lowest BCUT2D eigenvalue weighted by Crippen LogP contribution is -2.55. The van der Waals surface area contributed by atoms with Gasteiger partial charge in [0.05, 0.1) is 17.3 Å². The summed E-state index contributed by atoms with van der Waals surface area (Å²) in [5.41, 5.74) is 2.59. The Bertz CT molecular complexity index is 1240. The van der Waals surface area contributed by atoms with E-state index in [2.05, 4.69) is 38.7 Å². The molecule has 2 atom stereocenters. The minimum atomic E-state index is -1.19. The van der Waals surface area contributed by atoms with Crippen molar-refractivity contribution in [2.24, 2.45) is 10.8 Å². The van der Waals surface area contributed by atoms with Crippen LogP contribution in [0.4, 0.5) is 0 Å². The molecule has 2 aliphatic heterocycles. The molecule has 3 aliphatic rings. The van der Waals surface area contributed by atoms with Crippen molar-refractivity contribution in [2.75, 3.05) is 26.2 Å². The van der Waals surface area contributed by atoms with Crippen LogP contribution in [-0.4, -0.2) is 46.8 Å². The van der Waals surface area contributed by atoms with Gasteiger partial charge in [-0.1, -0.05) is 39.3 Å². The lowest BCUT2D eigenvalue weighted by Gasteiger charge is -2.50. The predicted octanol–water partition coefficient (Wildman–Crippen LogP) is 6.22. The van der Waals surface area contributed by atoms with Gasteiger partial charge in [-0.3, -0.25) is 4.79 Å². The van der Waals surface area contributed by atoms with Crippen molar-refractivity contribution < 1.29 is 14.6 Å². The largest absolute Gasteiger partial charge is 0.492 e. The Morgan fingerprint density at radius 2 is 1.92 bits per heavy atom. The van der Waals surface area contributed by atoms with Crippen molar-refractivity contribution in [3.05, 3.63) is 50.8 Å². The van der Waals surface area contributed by atoms with E-state index in [1.165, 1.54) is 38.2 Å². The van der Waals surface area contributed by atoms with E-state index < -0.39 is 11.4 Å². The molecule has 1 saturated heterocycles. The van der Waals surface area contributed by atoms with Crippen LogP contribution in [0, 0.1) is 10.8 Å². The Hall–Kier alpha value is -2.31. The molecule has 1 aliphatic carbocycles. The number of hydrogen-bond donors (Lipinski definition) is 1. The van der Waals surface area contributed by atoms with Gasteiger partial charge in [0.2, 0.25) is 0 Å². The first-order valence-corrected chi connectivity index (χ1v) is 13.7. The van der Waals surface area contributed by atoms with E-state index in [4.69, 9.17) is 16.3 Å². The Balaban J connectivity index is 1.39. The second-order valence-electron chi connectivity index (χ2n) is 11.7. The number of aromatic carboxylic acids is 1. The summed E-state index contributed by atoms with van der Waals surface area (Å²) in [7, 11) is 0. The fourth-order valence-corrected chi connectivity index (χ4v) is 7.08. The predicted molar refractivity (Wildman–Crippen MR) is 142 cm³/mol. The molecule has 2 aromatic rings. The summed E-state index contributed by atoms with van der Waals surface area (Å²) < 4.78 is 8.20. The van der Waals surface area contributed by atoms with E-state index in [9.17, 15) is 14.7 Å². The minimum Gasteiger partial charge on any atom is -0.492 e. The second-order valence-corrected chi connectivity index (χ2v) is 12.1. The van der Waals surface area contributed by atoms with Gasteiger partial charge < -0.3 is 19.3 Å². The number of ether oxygens (including phenoxy) is 1. The summed E-state index contributed by atoms with van der Waals surface area (Å²) in [5.74, 6) is -0.288. The van der Waals surface area contributed by atoms with Gasteiger partial charge >= 0.3 is 5.97 Å². The van der Waals surface area contributed by atoms with Gasteiger partial charge in [0.15, 0.2) is 5.43 Å². The quantitative estimate of drug-likeness (QED) is 0.425. The van der Waals surface area contributed by atoms with Crippen molar-refractivity contribution in [3.63, 3.8) is 0 Å². The Morgan fingerprint density at radius 1 is 1.19 bits per heavy atom. The molecular weight excluding hydrogens is 476 g/mol. The number of halogens is 1. The van der Waals surface area contributed by atoms with Crippen molar-refractivity contribution in [1.82, 2.24) is 9.47 Å². The third-order valence-electron chi connectivity index (χ3n) is 9.16. The average molecular weight is 513 g/mol. The normalized spacial score (nSPS) is 23.4. The van der Waals surface area contributed by atoms with E-state index in [-0.39, 0.29) is 22.9 Å². The van der Waals surface area contributed by atoms with Crippen LogP contribution in [0.15, 0.2) is 29.2 Å². The number of benzene rings is 1. The van der Waals surface area contributed by atoms with Crippen molar-refractivity contribution >= 4 is 17.6 Å². The van der Waals surface area contributed by atoms with Gasteiger partial charge in [0.1, 0.15) is 11.3 Å². The highest BCUT2D eigenvalue weighted by Gasteiger charge is 2.47. The monoisotopic (exact) mass is 512 g/mol. The first-order chi connectivity index (χ1) is 17.1. The van der Waals surface area contributed by atoms with Gasteiger partial charge in [-0.25, -0.2) is 4.79 Å². The molecule has 1 N–H and O–H groups in total. The zero-order chi connectivity index (χ0) is 25.8. The molecule has 0 spiro atoms. The molecule has 1 aromatic carbocycles. The van der Waals surface area contributed by atoms with Crippen LogP contribution in [-0.2, 0) is 0 Å². The Labute approximate surface area is 218 Å². The smallest absolute Gasteiger partial charge is 0.341 e. The topological polar surface area (TPSA) is 71.8 Å². The molecule has 6 nitrogen and oxygen atoms in total. The Morgan fingerprint density at radius 3 is 2.58 bits per heavy atom. The van der Waals surface area contributed by atoms with E-state index in [0.29, 0.717) is 22.8 Å². The van der Waals surface area contributed by atoms with E-state index in [0.717, 1.165) is 42.6 Å². The lowest BCUT2D eigenvalue weighted by molar-refractivity contribution is -0.00828. The molecule has 194 valence electrons. The van der Waals surface area contributed by atoms with Gasteiger partial charge in [-0.15, -0.1) is 0 Å². The fourth-order valence-electron chi connectivity index (χ4n) is 6.87.